The van der Waals surface area contributed by atoms with E-state index in [-0.39, 0.29) is 0 Å². The van der Waals surface area contributed by atoms with Crippen LogP contribution in [0.4, 0.5) is 0 Å². The molecule has 0 heterocycles. The van der Waals surface area contributed by atoms with Gasteiger partial charge in [-0.15, -0.1) is 0 Å². The van der Waals surface area contributed by atoms with E-state index in [1.54, 1.807) is 7.11 Å². The van der Waals surface area contributed by atoms with Gasteiger partial charge < -0.3 is 9.47 Å². The Labute approximate surface area is 214 Å². The van der Waals surface area contributed by atoms with E-state index in [1.165, 1.54) is 83.5 Å². The van der Waals surface area contributed by atoms with E-state index in [4.69, 9.17) is 9.47 Å². The van der Waals surface area contributed by atoms with E-state index in [1.807, 2.05) is 0 Å². The SMILES string of the molecule is CCCCCCCCCCCC/C=C/CC/C=C/CC/C=C/CC[C@H](CCI)OCOC. The lowest BCUT2D eigenvalue weighted by Gasteiger charge is -2.15. The van der Waals surface area contributed by atoms with Crippen LogP contribution in [0.15, 0.2) is 36.5 Å². The van der Waals surface area contributed by atoms with Crippen molar-refractivity contribution in [3.05, 3.63) is 36.5 Å². The Kier molecular flexibility index (Phi) is 28.8. The van der Waals surface area contributed by atoms with Gasteiger partial charge in [0.15, 0.2) is 0 Å². The summed E-state index contributed by atoms with van der Waals surface area (Å²) in [4.78, 5) is 0. The van der Waals surface area contributed by atoms with Crippen LogP contribution in [0.25, 0.3) is 0 Å². The number of hydrogen-bond acceptors (Lipinski definition) is 2. The molecule has 3 heteroatoms. The van der Waals surface area contributed by atoms with Crippen molar-refractivity contribution in [1.29, 1.82) is 0 Å². The fourth-order valence-corrected chi connectivity index (χ4v) is 4.42. The summed E-state index contributed by atoms with van der Waals surface area (Å²) in [7, 11) is 1.68. The number of hydrogen-bond donors (Lipinski definition) is 0. The van der Waals surface area contributed by atoms with Gasteiger partial charge in [0.25, 0.3) is 0 Å². The van der Waals surface area contributed by atoms with Crippen LogP contribution in [0.1, 0.15) is 122 Å². The summed E-state index contributed by atoms with van der Waals surface area (Å²) in [6, 6.07) is 0. The van der Waals surface area contributed by atoms with Gasteiger partial charge in [-0.25, -0.2) is 0 Å². The third kappa shape index (κ3) is 26.1. The largest absolute Gasteiger partial charge is 0.359 e. The summed E-state index contributed by atoms with van der Waals surface area (Å²) < 4.78 is 11.9. The highest BCUT2D eigenvalue weighted by molar-refractivity contribution is 14.1. The Bertz CT molecular complexity index is 431. The van der Waals surface area contributed by atoms with Crippen molar-refractivity contribution in [3.8, 4) is 0 Å². The molecule has 0 aliphatic heterocycles. The second-order valence-corrected chi connectivity index (χ2v) is 9.87. The van der Waals surface area contributed by atoms with Gasteiger partial charge >= 0.3 is 0 Å². The summed E-state index contributed by atoms with van der Waals surface area (Å²) in [6.07, 6.45) is 37.8. The van der Waals surface area contributed by atoms with Crippen LogP contribution < -0.4 is 0 Å². The topological polar surface area (TPSA) is 18.5 Å². The highest BCUT2D eigenvalue weighted by Crippen LogP contribution is 2.12. The lowest BCUT2D eigenvalue weighted by Crippen LogP contribution is -2.14. The van der Waals surface area contributed by atoms with Crippen molar-refractivity contribution in [3.63, 3.8) is 0 Å². The maximum atomic E-state index is 5.70. The molecule has 0 unspecified atom stereocenters. The third-order valence-corrected chi connectivity index (χ3v) is 6.36. The molecule has 2 nitrogen and oxygen atoms in total. The molecule has 0 amide bonds. The molecule has 0 N–H and O–H groups in total. The first-order valence-electron chi connectivity index (χ1n) is 13.5. The Hall–Kier alpha value is -0.130. The Balaban J connectivity index is 3.40. The van der Waals surface area contributed by atoms with E-state index in [2.05, 4.69) is 66.0 Å². The molecule has 188 valence electrons. The fraction of sp³-hybridized carbons (Fsp3) is 0.793. The van der Waals surface area contributed by atoms with E-state index < -0.39 is 0 Å². The molecule has 0 aliphatic carbocycles. The van der Waals surface area contributed by atoms with Crippen molar-refractivity contribution in [2.75, 3.05) is 18.3 Å². The molecule has 0 aromatic heterocycles. The molecule has 0 spiro atoms. The minimum Gasteiger partial charge on any atom is -0.359 e. The van der Waals surface area contributed by atoms with Gasteiger partial charge in [-0.1, -0.05) is 124 Å². The van der Waals surface area contributed by atoms with E-state index >= 15 is 0 Å². The monoisotopic (exact) mass is 560 g/mol. The van der Waals surface area contributed by atoms with Crippen LogP contribution >= 0.6 is 22.6 Å². The van der Waals surface area contributed by atoms with E-state index in [0.717, 1.165) is 36.5 Å². The van der Waals surface area contributed by atoms with E-state index in [9.17, 15) is 0 Å². The molecule has 1 atom stereocenters. The maximum Gasteiger partial charge on any atom is 0.146 e. The second kappa shape index (κ2) is 28.9. The van der Waals surface area contributed by atoms with Crippen LogP contribution in [0, 0.1) is 0 Å². The van der Waals surface area contributed by atoms with Crippen molar-refractivity contribution >= 4 is 22.6 Å². The normalized spacial score (nSPS) is 13.2. The molecule has 0 aromatic carbocycles. The van der Waals surface area contributed by atoms with Crippen molar-refractivity contribution < 1.29 is 9.47 Å². The molecule has 0 fully saturated rings. The van der Waals surface area contributed by atoms with Gasteiger partial charge in [0.05, 0.1) is 6.10 Å². The van der Waals surface area contributed by atoms with Crippen LogP contribution in [0.5, 0.6) is 0 Å². The minimum atomic E-state index is 0.328. The quantitative estimate of drug-likeness (QED) is 0.0364. The highest BCUT2D eigenvalue weighted by Gasteiger charge is 2.06. The van der Waals surface area contributed by atoms with Crippen LogP contribution in [0.3, 0.4) is 0 Å². The number of alkyl halides is 1. The zero-order chi connectivity index (χ0) is 23.4. The first kappa shape index (κ1) is 31.9. The van der Waals surface area contributed by atoms with Crippen molar-refractivity contribution in [2.45, 2.75) is 129 Å². The number of rotatable bonds is 25. The summed E-state index contributed by atoms with van der Waals surface area (Å²) >= 11 is 2.41. The molecule has 32 heavy (non-hydrogen) atoms. The Morgan fingerprint density at radius 3 is 1.56 bits per heavy atom. The molecule has 0 aliphatic rings. The lowest BCUT2D eigenvalue weighted by molar-refractivity contribution is -0.0739. The van der Waals surface area contributed by atoms with Crippen LogP contribution in [0.2, 0.25) is 0 Å². The lowest BCUT2D eigenvalue weighted by atomic mass is 10.1. The summed E-state index contributed by atoms with van der Waals surface area (Å²) in [6.45, 7) is 2.70. The highest BCUT2D eigenvalue weighted by atomic mass is 127. The minimum absolute atomic E-state index is 0.328. The number of methoxy groups -OCH3 is 1. The van der Waals surface area contributed by atoms with Gasteiger partial charge in [-0.2, -0.15) is 0 Å². The molecular weight excluding hydrogens is 507 g/mol. The van der Waals surface area contributed by atoms with Crippen LogP contribution in [-0.4, -0.2) is 24.4 Å². The van der Waals surface area contributed by atoms with Gasteiger partial charge in [0.1, 0.15) is 6.79 Å². The molecule has 0 saturated heterocycles. The summed E-state index contributed by atoms with van der Waals surface area (Å²) in [5, 5.41) is 0. The van der Waals surface area contributed by atoms with Gasteiger partial charge in [0.2, 0.25) is 0 Å². The molecular formula is C29H53IO2. The van der Waals surface area contributed by atoms with Gasteiger partial charge in [0, 0.05) is 11.5 Å². The number of halogens is 1. The first-order chi connectivity index (χ1) is 15.8. The molecule has 0 radical (unpaired) electrons. The Morgan fingerprint density at radius 2 is 1.06 bits per heavy atom. The zero-order valence-corrected chi connectivity index (χ0v) is 23.5. The Morgan fingerprint density at radius 1 is 0.594 bits per heavy atom. The fourth-order valence-electron chi connectivity index (χ4n) is 3.72. The third-order valence-electron chi connectivity index (χ3n) is 5.73. The van der Waals surface area contributed by atoms with Crippen molar-refractivity contribution in [2.24, 2.45) is 0 Å². The standard InChI is InChI=1S/C29H53IO2/c1-3-4-5-6-7-8-9-10-11-12-13-14-15-16-17-18-19-20-21-22-23-24-25-29(26-27-30)32-28-31-2/h14-15,18-19,22-23,29H,3-13,16-17,20-21,24-28H2,1-2H3/b15-14+,19-18+,23-22+/t29-/m1/s1. The zero-order valence-electron chi connectivity index (χ0n) is 21.4. The molecule has 0 saturated carbocycles. The predicted molar refractivity (Wildman–Crippen MR) is 152 cm³/mol. The van der Waals surface area contributed by atoms with Crippen molar-refractivity contribution in [1.82, 2.24) is 0 Å². The maximum absolute atomic E-state index is 5.70. The first-order valence-corrected chi connectivity index (χ1v) is 15.0. The average molecular weight is 561 g/mol. The number of unbranched alkanes of at least 4 members (excludes halogenated alkanes) is 12. The molecule has 0 aromatic rings. The summed E-state index contributed by atoms with van der Waals surface area (Å²) in [5.41, 5.74) is 0. The smallest absolute Gasteiger partial charge is 0.146 e. The number of allylic oxidation sites excluding steroid dienone is 6. The number of ether oxygens (including phenoxy) is 2. The molecule has 0 bridgehead atoms. The van der Waals surface area contributed by atoms with Crippen LogP contribution in [-0.2, 0) is 9.47 Å². The average Bonchev–Trinajstić information content (AvgIpc) is 2.80. The van der Waals surface area contributed by atoms with E-state index in [0.29, 0.717) is 12.9 Å². The second-order valence-electron chi connectivity index (χ2n) is 8.79. The predicted octanol–water partition coefficient (Wildman–Crippen LogP) is 10.1. The van der Waals surface area contributed by atoms with Gasteiger partial charge in [-0.05, 0) is 57.8 Å². The van der Waals surface area contributed by atoms with Gasteiger partial charge in [-0.3, -0.25) is 0 Å². The summed E-state index contributed by atoms with van der Waals surface area (Å²) in [5.74, 6) is 0. The molecule has 0 rings (SSSR count).